The van der Waals surface area contributed by atoms with Gasteiger partial charge in [-0.2, -0.15) is 0 Å². The second-order valence-electron chi connectivity index (χ2n) is 4.99. The van der Waals surface area contributed by atoms with Crippen LogP contribution in [0, 0.1) is 5.92 Å². The zero-order valence-corrected chi connectivity index (χ0v) is 10.7. The Balaban J connectivity index is 1.92. The molecular weight excluding hydrogens is 250 g/mol. The Bertz CT molecular complexity index is 463. The molecule has 0 aromatic heterocycles. The van der Waals surface area contributed by atoms with E-state index in [0.717, 1.165) is 12.0 Å². The summed E-state index contributed by atoms with van der Waals surface area (Å²) in [6.07, 6.45) is 2.15. The van der Waals surface area contributed by atoms with E-state index in [4.69, 9.17) is 5.73 Å². The van der Waals surface area contributed by atoms with E-state index in [1.807, 2.05) is 24.3 Å². The molecule has 0 spiro atoms. The van der Waals surface area contributed by atoms with Crippen LogP contribution in [0.1, 0.15) is 17.5 Å². The summed E-state index contributed by atoms with van der Waals surface area (Å²) in [5, 5.41) is 2.31. The highest BCUT2D eigenvalue weighted by molar-refractivity contribution is 5.79. The second kappa shape index (κ2) is 5.65. The molecule has 1 aliphatic carbocycles. The van der Waals surface area contributed by atoms with Gasteiger partial charge in [0, 0.05) is 5.92 Å². The van der Waals surface area contributed by atoms with Gasteiger partial charge < -0.3 is 11.1 Å². The van der Waals surface area contributed by atoms with Crippen LogP contribution in [0.15, 0.2) is 24.3 Å². The minimum absolute atomic E-state index is 0.219. The molecule has 1 unspecified atom stereocenters. The van der Waals surface area contributed by atoms with Crippen LogP contribution in [0.5, 0.6) is 0 Å². The number of hydrogen-bond donors (Lipinski definition) is 2. The molecular formula is C14H18F2N2O. The second-order valence-corrected chi connectivity index (χ2v) is 4.99. The molecule has 0 bridgehead atoms. The molecule has 0 fully saturated rings. The van der Waals surface area contributed by atoms with Gasteiger partial charge in [-0.15, -0.1) is 0 Å². The van der Waals surface area contributed by atoms with Crippen LogP contribution in [0.3, 0.4) is 0 Å². The van der Waals surface area contributed by atoms with Gasteiger partial charge in [0.25, 0.3) is 5.92 Å². The normalized spacial score (nSPS) is 18.8. The molecule has 1 aromatic carbocycles. The Labute approximate surface area is 111 Å². The van der Waals surface area contributed by atoms with Crippen molar-refractivity contribution in [1.29, 1.82) is 0 Å². The zero-order valence-electron chi connectivity index (χ0n) is 10.7. The average Bonchev–Trinajstić information content (AvgIpc) is 2.44. The van der Waals surface area contributed by atoms with Crippen molar-refractivity contribution in [3.63, 3.8) is 0 Å². The lowest BCUT2D eigenvalue weighted by atomic mass is 9.83. The molecule has 1 amide bonds. The van der Waals surface area contributed by atoms with Crippen LogP contribution in [0.4, 0.5) is 8.78 Å². The standard InChI is InChI=1S/C14H18F2N2O/c15-14(16,8-17)9-18-13(19)12-6-5-10-3-1-2-4-11(10)7-12/h1-4,12H,5-9,17H2,(H,18,19). The maximum Gasteiger partial charge on any atom is 0.277 e. The summed E-state index contributed by atoms with van der Waals surface area (Å²) in [6.45, 7) is -1.43. The van der Waals surface area contributed by atoms with Crippen molar-refractivity contribution in [2.45, 2.75) is 25.2 Å². The number of nitrogens with two attached hydrogens (primary N) is 1. The van der Waals surface area contributed by atoms with E-state index in [9.17, 15) is 13.6 Å². The molecule has 0 aliphatic heterocycles. The van der Waals surface area contributed by atoms with Crippen molar-refractivity contribution in [1.82, 2.24) is 5.32 Å². The van der Waals surface area contributed by atoms with Crippen LogP contribution in [-0.4, -0.2) is 24.9 Å². The first kappa shape index (κ1) is 13.9. The number of fused-ring (bicyclic) bond motifs is 1. The van der Waals surface area contributed by atoms with Crippen LogP contribution < -0.4 is 11.1 Å². The fraction of sp³-hybridized carbons (Fsp3) is 0.500. The molecule has 3 nitrogen and oxygen atoms in total. The van der Waals surface area contributed by atoms with E-state index in [1.165, 1.54) is 5.56 Å². The topological polar surface area (TPSA) is 55.1 Å². The molecule has 1 atom stereocenters. The molecule has 5 heteroatoms. The summed E-state index contributed by atoms with van der Waals surface area (Å²) in [5.41, 5.74) is 7.32. The first-order chi connectivity index (χ1) is 9.02. The maximum atomic E-state index is 13.0. The number of alkyl halides is 2. The minimum atomic E-state index is -3.03. The van der Waals surface area contributed by atoms with Gasteiger partial charge in [0.05, 0.1) is 13.1 Å². The molecule has 0 saturated carbocycles. The summed E-state index contributed by atoms with van der Waals surface area (Å²) >= 11 is 0. The Kier molecular flexibility index (Phi) is 4.14. The van der Waals surface area contributed by atoms with Gasteiger partial charge in [-0.1, -0.05) is 24.3 Å². The van der Waals surface area contributed by atoms with E-state index < -0.39 is 19.0 Å². The highest BCUT2D eigenvalue weighted by Crippen LogP contribution is 2.25. The largest absolute Gasteiger partial charge is 0.350 e. The van der Waals surface area contributed by atoms with Gasteiger partial charge in [0.15, 0.2) is 0 Å². The van der Waals surface area contributed by atoms with Crippen molar-refractivity contribution < 1.29 is 13.6 Å². The predicted molar refractivity (Wildman–Crippen MR) is 69.0 cm³/mol. The third kappa shape index (κ3) is 3.50. The number of nitrogens with one attached hydrogen (secondary N) is 1. The SMILES string of the molecule is NCC(F)(F)CNC(=O)C1CCc2ccccc2C1. The predicted octanol–water partition coefficient (Wildman–Crippen LogP) is 1.50. The van der Waals surface area contributed by atoms with E-state index in [1.54, 1.807) is 0 Å². The van der Waals surface area contributed by atoms with Crippen molar-refractivity contribution in [2.75, 3.05) is 13.1 Å². The van der Waals surface area contributed by atoms with Crippen molar-refractivity contribution in [2.24, 2.45) is 11.7 Å². The number of benzene rings is 1. The van der Waals surface area contributed by atoms with Gasteiger partial charge in [0.1, 0.15) is 0 Å². The molecule has 19 heavy (non-hydrogen) atoms. The van der Waals surface area contributed by atoms with Gasteiger partial charge in [-0.25, -0.2) is 8.78 Å². The number of carbonyl (C=O) groups excluding carboxylic acids is 1. The van der Waals surface area contributed by atoms with Gasteiger partial charge in [0.2, 0.25) is 5.91 Å². The summed E-state index contributed by atoms with van der Waals surface area (Å²) < 4.78 is 26.0. The Morgan fingerprint density at radius 1 is 1.37 bits per heavy atom. The lowest BCUT2D eigenvalue weighted by molar-refractivity contribution is -0.127. The third-order valence-electron chi connectivity index (χ3n) is 3.54. The first-order valence-electron chi connectivity index (χ1n) is 6.44. The van der Waals surface area contributed by atoms with Crippen LogP contribution in [0.2, 0.25) is 0 Å². The Hall–Kier alpha value is -1.49. The Morgan fingerprint density at radius 3 is 2.74 bits per heavy atom. The number of halogens is 2. The summed E-state index contributed by atoms with van der Waals surface area (Å²) in [7, 11) is 0. The molecule has 1 aliphatic rings. The molecule has 0 saturated heterocycles. The van der Waals surface area contributed by atoms with Crippen LogP contribution in [0.25, 0.3) is 0 Å². The van der Waals surface area contributed by atoms with Crippen LogP contribution in [-0.2, 0) is 17.6 Å². The van der Waals surface area contributed by atoms with Gasteiger partial charge in [-0.3, -0.25) is 4.79 Å². The van der Waals surface area contributed by atoms with E-state index in [0.29, 0.717) is 12.8 Å². The molecule has 1 aromatic rings. The lowest BCUT2D eigenvalue weighted by Gasteiger charge is -2.24. The summed E-state index contributed by atoms with van der Waals surface area (Å²) in [4.78, 5) is 11.9. The number of amides is 1. The maximum absolute atomic E-state index is 13.0. The van der Waals surface area contributed by atoms with Gasteiger partial charge in [-0.05, 0) is 30.4 Å². The minimum Gasteiger partial charge on any atom is -0.350 e. The van der Waals surface area contributed by atoms with Gasteiger partial charge >= 0.3 is 0 Å². The highest BCUT2D eigenvalue weighted by atomic mass is 19.3. The van der Waals surface area contributed by atoms with E-state index >= 15 is 0 Å². The molecule has 104 valence electrons. The van der Waals surface area contributed by atoms with E-state index in [-0.39, 0.29) is 11.8 Å². The average molecular weight is 268 g/mol. The molecule has 0 heterocycles. The Morgan fingerprint density at radius 2 is 2.05 bits per heavy atom. The third-order valence-corrected chi connectivity index (χ3v) is 3.54. The monoisotopic (exact) mass is 268 g/mol. The quantitative estimate of drug-likeness (QED) is 0.869. The van der Waals surface area contributed by atoms with E-state index in [2.05, 4.69) is 5.32 Å². The van der Waals surface area contributed by atoms with Crippen LogP contribution >= 0.6 is 0 Å². The summed E-state index contributed by atoms with van der Waals surface area (Å²) in [6, 6.07) is 7.94. The molecule has 0 radical (unpaired) electrons. The smallest absolute Gasteiger partial charge is 0.277 e. The molecule has 3 N–H and O–H groups in total. The fourth-order valence-corrected chi connectivity index (χ4v) is 2.35. The van der Waals surface area contributed by atoms with Crippen molar-refractivity contribution in [3.05, 3.63) is 35.4 Å². The summed E-state index contributed by atoms with van der Waals surface area (Å²) in [5.74, 6) is -3.55. The molecule has 2 rings (SSSR count). The number of hydrogen-bond acceptors (Lipinski definition) is 2. The lowest BCUT2D eigenvalue weighted by Crippen LogP contribution is -2.44. The van der Waals surface area contributed by atoms with Crippen molar-refractivity contribution >= 4 is 5.91 Å². The first-order valence-corrected chi connectivity index (χ1v) is 6.44. The zero-order chi connectivity index (χ0) is 13.9. The number of carbonyl (C=O) groups is 1. The highest BCUT2D eigenvalue weighted by Gasteiger charge is 2.30. The number of aryl methyl sites for hydroxylation is 1. The number of rotatable bonds is 4. The fourth-order valence-electron chi connectivity index (χ4n) is 2.35. The van der Waals surface area contributed by atoms with Crippen molar-refractivity contribution in [3.8, 4) is 0 Å².